The maximum Gasteiger partial charge on any atom is 0.320 e. The lowest BCUT2D eigenvalue weighted by molar-refractivity contribution is 0.251. The summed E-state index contributed by atoms with van der Waals surface area (Å²) < 4.78 is 3.24. The summed E-state index contributed by atoms with van der Waals surface area (Å²) in [6.07, 6.45) is 4.74. The van der Waals surface area contributed by atoms with E-state index < -0.39 is 0 Å². The van der Waals surface area contributed by atoms with E-state index in [9.17, 15) is 4.79 Å². The van der Waals surface area contributed by atoms with Gasteiger partial charge in [0.1, 0.15) is 18.5 Å². The standard InChI is InChI=1S/C20H21N9O/c1-14-9-15(2)26-19(25-14)29-18(7-8-23-29)27-20(30)22-10-16-5-3-4-6-17(16)11-28-13-21-12-24-28/h3-9,12-13H,10-11H2,1-2H3,(H2,22,27,30). The minimum absolute atomic E-state index is 0.350. The summed E-state index contributed by atoms with van der Waals surface area (Å²) in [5.74, 6) is 0.888. The molecule has 2 amide bonds. The molecule has 0 aliphatic carbocycles. The van der Waals surface area contributed by atoms with Crippen LogP contribution in [0.1, 0.15) is 22.5 Å². The molecule has 4 aromatic rings. The van der Waals surface area contributed by atoms with Gasteiger partial charge in [0, 0.05) is 24.0 Å². The number of carbonyl (C=O) groups excluding carboxylic acids is 1. The second-order valence-corrected chi connectivity index (χ2v) is 6.75. The van der Waals surface area contributed by atoms with E-state index in [0.29, 0.717) is 24.9 Å². The number of amides is 2. The second kappa shape index (κ2) is 8.52. The summed E-state index contributed by atoms with van der Waals surface area (Å²) in [5, 5.41) is 14.0. The van der Waals surface area contributed by atoms with Gasteiger partial charge < -0.3 is 5.32 Å². The predicted molar refractivity (Wildman–Crippen MR) is 110 cm³/mol. The number of benzene rings is 1. The third-order valence-corrected chi connectivity index (χ3v) is 4.40. The summed E-state index contributed by atoms with van der Waals surface area (Å²) in [5.41, 5.74) is 3.70. The number of carbonyl (C=O) groups is 1. The first-order valence-corrected chi connectivity index (χ1v) is 9.39. The monoisotopic (exact) mass is 403 g/mol. The Morgan fingerprint density at radius 1 is 1.03 bits per heavy atom. The fourth-order valence-electron chi connectivity index (χ4n) is 3.07. The Morgan fingerprint density at radius 3 is 2.53 bits per heavy atom. The van der Waals surface area contributed by atoms with Crippen molar-refractivity contribution in [3.63, 3.8) is 0 Å². The molecular weight excluding hydrogens is 382 g/mol. The van der Waals surface area contributed by atoms with Gasteiger partial charge in [0.05, 0.1) is 12.7 Å². The van der Waals surface area contributed by atoms with Gasteiger partial charge in [-0.05, 0) is 31.0 Å². The molecule has 0 unspecified atom stereocenters. The first-order chi connectivity index (χ1) is 14.6. The maximum absolute atomic E-state index is 12.5. The first kappa shape index (κ1) is 19.2. The molecule has 0 saturated heterocycles. The minimum atomic E-state index is -0.350. The van der Waals surface area contributed by atoms with Gasteiger partial charge in [0.25, 0.3) is 5.95 Å². The highest BCUT2D eigenvalue weighted by Gasteiger charge is 2.12. The van der Waals surface area contributed by atoms with Crippen molar-refractivity contribution in [2.24, 2.45) is 0 Å². The molecule has 0 atom stereocenters. The van der Waals surface area contributed by atoms with Crippen LogP contribution in [0.5, 0.6) is 0 Å². The molecule has 3 heterocycles. The minimum Gasteiger partial charge on any atom is -0.334 e. The Bertz CT molecular complexity index is 1130. The third-order valence-electron chi connectivity index (χ3n) is 4.40. The number of aromatic nitrogens is 7. The molecule has 0 aliphatic heterocycles. The Morgan fingerprint density at radius 2 is 1.80 bits per heavy atom. The Balaban J connectivity index is 1.43. The van der Waals surface area contributed by atoms with E-state index in [2.05, 4.69) is 35.8 Å². The number of hydrogen-bond donors (Lipinski definition) is 2. The lowest BCUT2D eigenvalue weighted by atomic mass is 10.1. The molecule has 0 spiro atoms. The van der Waals surface area contributed by atoms with Crippen LogP contribution in [0.2, 0.25) is 0 Å². The molecule has 1 aromatic carbocycles. The zero-order valence-corrected chi connectivity index (χ0v) is 16.6. The second-order valence-electron chi connectivity index (χ2n) is 6.75. The van der Waals surface area contributed by atoms with Gasteiger partial charge >= 0.3 is 6.03 Å². The largest absolute Gasteiger partial charge is 0.334 e. The van der Waals surface area contributed by atoms with Gasteiger partial charge in [-0.25, -0.2) is 24.4 Å². The Kier molecular flexibility index (Phi) is 5.46. The van der Waals surface area contributed by atoms with E-state index >= 15 is 0 Å². The van der Waals surface area contributed by atoms with Crippen molar-refractivity contribution >= 4 is 11.8 Å². The van der Waals surface area contributed by atoms with Crippen LogP contribution in [-0.4, -0.2) is 40.5 Å². The summed E-state index contributed by atoms with van der Waals surface area (Å²) in [4.78, 5) is 25.2. The topological polar surface area (TPSA) is 115 Å². The van der Waals surface area contributed by atoms with E-state index in [1.807, 2.05) is 44.2 Å². The molecule has 10 nitrogen and oxygen atoms in total. The highest BCUT2D eigenvalue weighted by atomic mass is 16.2. The number of rotatable bonds is 6. The zero-order valence-electron chi connectivity index (χ0n) is 16.6. The van der Waals surface area contributed by atoms with Gasteiger partial charge in [-0.1, -0.05) is 24.3 Å². The summed E-state index contributed by atoms with van der Waals surface area (Å²) in [6.45, 7) is 4.72. The number of aryl methyl sites for hydroxylation is 2. The van der Waals surface area contributed by atoms with Gasteiger partial charge in [0.15, 0.2) is 0 Å². The molecular formula is C20H21N9O. The van der Waals surface area contributed by atoms with E-state index in [0.717, 1.165) is 22.5 Å². The van der Waals surface area contributed by atoms with Crippen LogP contribution in [0.25, 0.3) is 5.95 Å². The van der Waals surface area contributed by atoms with Crippen LogP contribution in [0.3, 0.4) is 0 Å². The van der Waals surface area contributed by atoms with Crippen LogP contribution in [0.15, 0.2) is 55.2 Å². The Labute approximate surface area is 173 Å². The van der Waals surface area contributed by atoms with Gasteiger partial charge in [-0.2, -0.15) is 14.9 Å². The van der Waals surface area contributed by atoms with Gasteiger partial charge in [-0.3, -0.25) is 5.32 Å². The lowest BCUT2D eigenvalue weighted by Gasteiger charge is -2.12. The van der Waals surface area contributed by atoms with Gasteiger partial charge in [-0.15, -0.1) is 0 Å². The molecule has 0 saturated carbocycles. The average Bonchev–Trinajstić information content (AvgIpc) is 3.38. The van der Waals surface area contributed by atoms with Crippen LogP contribution >= 0.6 is 0 Å². The fourth-order valence-corrected chi connectivity index (χ4v) is 3.07. The third kappa shape index (κ3) is 4.49. The molecule has 0 radical (unpaired) electrons. The van der Waals surface area contributed by atoms with E-state index in [-0.39, 0.29) is 6.03 Å². The average molecular weight is 403 g/mol. The van der Waals surface area contributed by atoms with Crippen molar-refractivity contribution in [3.05, 3.63) is 77.8 Å². The molecule has 152 valence electrons. The summed E-state index contributed by atoms with van der Waals surface area (Å²) in [7, 11) is 0. The van der Waals surface area contributed by atoms with Crippen LogP contribution in [0, 0.1) is 13.8 Å². The van der Waals surface area contributed by atoms with Crippen LogP contribution < -0.4 is 10.6 Å². The van der Waals surface area contributed by atoms with E-state index in [4.69, 9.17) is 0 Å². The molecule has 30 heavy (non-hydrogen) atoms. The quantitative estimate of drug-likeness (QED) is 0.510. The number of nitrogens with one attached hydrogen (secondary N) is 2. The van der Waals surface area contributed by atoms with Crippen molar-refractivity contribution in [2.45, 2.75) is 26.9 Å². The van der Waals surface area contributed by atoms with Crippen molar-refractivity contribution in [3.8, 4) is 5.95 Å². The molecule has 0 fully saturated rings. The predicted octanol–water partition coefficient (Wildman–Crippen LogP) is 2.24. The highest BCUT2D eigenvalue weighted by Crippen LogP contribution is 2.13. The molecule has 2 N–H and O–H groups in total. The zero-order chi connectivity index (χ0) is 20.9. The summed E-state index contributed by atoms with van der Waals surface area (Å²) >= 11 is 0. The van der Waals surface area contributed by atoms with E-state index in [1.165, 1.54) is 11.0 Å². The van der Waals surface area contributed by atoms with Crippen molar-refractivity contribution in [2.75, 3.05) is 5.32 Å². The number of urea groups is 1. The van der Waals surface area contributed by atoms with E-state index in [1.54, 1.807) is 23.3 Å². The number of hydrogen-bond acceptors (Lipinski definition) is 6. The lowest BCUT2D eigenvalue weighted by Crippen LogP contribution is -2.29. The highest BCUT2D eigenvalue weighted by molar-refractivity contribution is 5.88. The normalized spacial score (nSPS) is 10.7. The van der Waals surface area contributed by atoms with Crippen molar-refractivity contribution in [1.29, 1.82) is 0 Å². The maximum atomic E-state index is 12.5. The fraction of sp³-hybridized carbons (Fsp3) is 0.200. The number of nitrogens with zero attached hydrogens (tertiary/aromatic N) is 7. The van der Waals surface area contributed by atoms with Crippen molar-refractivity contribution in [1.82, 2.24) is 39.8 Å². The van der Waals surface area contributed by atoms with Crippen LogP contribution in [0.4, 0.5) is 10.6 Å². The summed E-state index contributed by atoms with van der Waals surface area (Å²) in [6, 6.07) is 11.1. The van der Waals surface area contributed by atoms with Crippen LogP contribution in [-0.2, 0) is 13.1 Å². The molecule has 10 heteroatoms. The SMILES string of the molecule is Cc1cc(C)nc(-n2nccc2NC(=O)NCc2ccccc2Cn2cncn2)n1. The Hall–Kier alpha value is -4.08. The first-order valence-electron chi connectivity index (χ1n) is 9.39. The van der Waals surface area contributed by atoms with Crippen molar-refractivity contribution < 1.29 is 4.79 Å². The molecule has 0 bridgehead atoms. The number of anilines is 1. The molecule has 0 aliphatic rings. The smallest absolute Gasteiger partial charge is 0.320 e. The molecule has 4 rings (SSSR count). The van der Waals surface area contributed by atoms with Gasteiger partial charge in [0.2, 0.25) is 0 Å². The molecule has 3 aromatic heterocycles.